The molecule has 15 heavy (non-hydrogen) atoms. The van der Waals surface area contributed by atoms with Crippen LogP contribution in [0.5, 0.6) is 0 Å². The van der Waals surface area contributed by atoms with Crippen molar-refractivity contribution >= 4 is 11.4 Å². The zero-order valence-electron chi connectivity index (χ0n) is 8.40. The van der Waals surface area contributed by atoms with Gasteiger partial charge in [0.2, 0.25) is 0 Å². The highest BCUT2D eigenvalue weighted by Gasteiger charge is 1.93. The van der Waals surface area contributed by atoms with Crippen molar-refractivity contribution in [3.63, 3.8) is 0 Å². The lowest BCUT2D eigenvalue weighted by Crippen LogP contribution is -1.99. The molecule has 0 unspecified atom stereocenters. The van der Waals surface area contributed by atoms with E-state index < -0.39 is 0 Å². The number of nitrogens with two attached hydrogens (primary N) is 1. The predicted octanol–water partition coefficient (Wildman–Crippen LogP) is 2.68. The maximum absolute atomic E-state index is 5.63. The third-order valence-corrected chi connectivity index (χ3v) is 2.14. The van der Waals surface area contributed by atoms with E-state index in [4.69, 9.17) is 5.73 Å². The van der Waals surface area contributed by atoms with Crippen LogP contribution in [0.15, 0.2) is 48.5 Å². The van der Waals surface area contributed by atoms with E-state index in [1.807, 2.05) is 36.4 Å². The van der Waals surface area contributed by atoms with Crippen molar-refractivity contribution in [1.82, 2.24) is 0 Å². The molecule has 0 aliphatic rings. The zero-order chi connectivity index (χ0) is 10.5. The molecule has 2 rings (SSSR count). The van der Waals surface area contributed by atoms with Crippen molar-refractivity contribution in [2.75, 3.05) is 11.1 Å². The molecule has 0 amide bonds. The van der Waals surface area contributed by atoms with Gasteiger partial charge in [-0.1, -0.05) is 36.4 Å². The third kappa shape index (κ3) is 2.74. The van der Waals surface area contributed by atoms with Crippen molar-refractivity contribution < 1.29 is 0 Å². The van der Waals surface area contributed by atoms with Crippen molar-refractivity contribution in [2.24, 2.45) is 0 Å². The first kappa shape index (κ1) is 9.59. The normalized spacial score (nSPS) is 9.87. The zero-order valence-corrected chi connectivity index (χ0v) is 8.40. The van der Waals surface area contributed by atoms with Crippen LogP contribution in [0.3, 0.4) is 0 Å². The van der Waals surface area contributed by atoms with E-state index in [-0.39, 0.29) is 0 Å². The Morgan fingerprint density at radius 2 is 1.80 bits per heavy atom. The van der Waals surface area contributed by atoms with Crippen LogP contribution in [-0.4, -0.2) is 0 Å². The largest absolute Gasteiger partial charge is 0.398 e. The molecule has 0 fully saturated rings. The molecule has 0 heterocycles. The number of benzene rings is 2. The number of rotatable bonds is 3. The molecular weight excluding hydrogens is 184 g/mol. The number of nitrogen functional groups attached to an aromatic ring is 1. The van der Waals surface area contributed by atoms with Gasteiger partial charge in [-0.2, -0.15) is 0 Å². The maximum atomic E-state index is 5.63. The Bertz CT molecular complexity index is 424. The number of hydrogen-bond donors (Lipinski definition) is 2. The summed E-state index contributed by atoms with van der Waals surface area (Å²) in [5, 5.41) is 3.27. The first-order chi connectivity index (χ1) is 7.34. The van der Waals surface area contributed by atoms with E-state index in [9.17, 15) is 0 Å². The Balaban J connectivity index is 1.99. The van der Waals surface area contributed by atoms with Crippen LogP contribution in [0, 0.1) is 6.07 Å². The summed E-state index contributed by atoms with van der Waals surface area (Å²) in [5.74, 6) is 0. The van der Waals surface area contributed by atoms with Gasteiger partial charge in [-0.15, -0.1) is 0 Å². The van der Waals surface area contributed by atoms with Crippen molar-refractivity contribution in [2.45, 2.75) is 6.54 Å². The minimum Gasteiger partial charge on any atom is -0.398 e. The topological polar surface area (TPSA) is 38.0 Å². The highest BCUT2D eigenvalue weighted by atomic mass is 14.9. The van der Waals surface area contributed by atoms with Crippen molar-refractivity contribution in [1.29, 1.82) is 0 Å². The van der Waals surface area contributed by atoms with E-state index in [2.05, 4.69) is 23.5 Å². The molecule has 0 aliphatic carbocycles. The SMILES string of the molecule is Nc1[c]c(NCc2ccccc2)ccc1. The van der Waals surface area contributed by atoms with Gasteiger partial charge in [0, 0.05) is 24.0 Å². The fourth-order valence-electron chi connectivity index (χ4n) is 1.38. The van der Waals surface area contributed by atoms with Gasteiger partial charge < -0.3 is 11.1 Å². The maximum Gasteiger partial charge on any atom is 0.0445 e. The van der Waals surface area contributed by atoms with Gasteiger partial charge in [0.1, 0.15) is 0 Å². The fraction of sp³-hybridized carbons (Fsp3) is 0.0769. The summed E-state index contributed by atoms with van der Waals surface area (Å²) in [6.45, 7) is 0.792. The molecule has 0 bridgehead atoms. The molecule has 0 aromatic heterocycles. The van der Waals surface area contributed by atoms with Crippen molar-refractivity contribution in [3.05, 3.63) is 60.2 Å². The van der Waals surface area contributed by atoms with E-state index in [0.717, 1.165) is 12.2 Å². The van der Waals surface area contributed by atoms with Crippen LogP contribution in [0.25, 0.3) is 0 Å². The Labute approximate surface area is 89.7 Å². The molecule has 2 nitrogen and oxygen atoms in total. The molecule has 0 atom stereocenters. The summed E-state index contributed by atoms with van der Waals surface area (Å²) in [6.07, 6.45) is 0. The lowest BCUT2D eigenvalue weighted by Gasteiger charge is -2.06. The van der Waals surface area contributed by atoms with Gasteiger partial charge in [0.25, 0.3) is 0 Å². The van der Waals surface area contributed by atoms with Crippen LogP contribution in [0.1, 0.15) is 5.56 Å². The number of anilines is 2. The first-order valence-electron chi connectivity index (χ1n) is 4.90. The van der Waals surface area contributed by atoms with E-state index in [1.54, 1.807) is 0 Å². The molecule has 2 heteroatoms. The van der Waals surface area contributed by atoms with Crippen LogP contribution in [0.2, 0.25) is 0 Å². The average molecular weight is 197 g/mol. The number of nitrogens with one attached hydrogen (secondary N) is 1. The van der Waals surface area contributed by atoms with Crippen LogP contribution in [-0.2, 0) is 6.54 Å². The molecule has 3 N–H and O–H groups in total. The Morgan fingerprint density at radius 3 is 2.53 bits per heavy atom. The lowest BCUT2D eigenvalue weighted by molar-refractivity contribution is 1.15. The summed E-state index contributed by atoms with van der Waals surface area (Å²) in [7, 11) is 0. The molecule has 75 valence electrons. The molecule has 0 spiro atoms. The molecular formula is C13H13N2. The summed E-state index contributed by atoms with van der Waals surface area (Å²) >= 11 is 0. The fourth-order valence-corrected chi connectivity index (χ4v) is 1.38. The second kappa shape index (κ2) is 4.51. The quantitative estimate of drug-likeness (QED) is 0.742. The second-order valence-corrected chi connectivity index (χ2v) is 3.36. The monoisotopic (exact) mass is 197 g/mol. The Morgan fingerprint density at radius 1 is 1.00 bits per heavy atom. The Kier molecular flexibility index (Phi) is 2.88. The summed E-state index contributed by atoms with van der Waals surface area (Å²) < 4.78 is 0. The highest BCUT2D eigenvalue weighted by molar-refractivity contribution is 5.52. The van der Waals surface area contributed by atoms with Gasteiger partial charge in [0.05, 0.1) is 0 Å². The third-order valence-electron chi connectivity index (χ3n) is 2.14. The molecule has 2 aromatic carbocycles. The minimum atomic E-state index is 0.660. The van der Waals surface area contributed by atoms with Gasteiger partial charge in [0.15, 0.2) is 0 Å². The Hall–Kier alpha value is -1.96. The summed E-state index contributed by atoms with van der Waals surface area (Å²) in [5.41, 5.74) is 8.47. The lowest BCUT2D eigenvalue weighted by atomic mass is 10.2. The van der Waals surface area contributed by atoms with Gasteiger partial charge in [-0.25, -0.2) is 0 Å². The smallest absolute Gasteiger partial charge is 0.0445 e. The van der Waals surface area contributed by atoms with Crippen LogP contribution >= 0.6 is 0 Å². The number of hydrogen-bond acceptors (Lipinski definition) is 2. The minimum absolute atomic E-state index is 0.660. The second-order valence-electron chi connectivity index (χ2n) is 3.36. The molecule has 0 saturated heterocycles. The van der Waals surface area contributed by atoms with Gasteiger partial charge in [-0.3, -0.25) is 0 Å². The van der Waals surface area contributed by atoms with Gasteiger partial charge >= 0.3 is 0 Å². The first-order valence-corrected chi connectivity index (χ1v) is 4.90. The van der Waals surface area contributed by atoms with Crippen LogP contribution in [0.4, 0.5) is 11.4 Å². The average Bonchev–Trinajstić information content (AvgIpc) is 2.28. The predicted molar refractivity (Wildman–Crippen MR) is 63.5 cm³/mol. The molecule has 0 saturated carbocycles. The summed E-state index contributed by atoms with van der Waals surface area (Å²) in [4.78, 5) is 0. The van der Waals surface area contributed by atoms with Crippen LogP contribution < -0.4 is 11.1 Å². The molecule has 2 aromatic rings. The highest BCUT2D eigenvalue weighted by Crippen LogP contribution is 2.11. The molecule has 0 aliphatic heterocycles. The van der Waals surface area contributed by atoms with E-state index >= 15 is 0 Å². The standard InChI is InChI=1S/C13H13N2/c14-12-7-4-8-13(9-12)15-10-11-5-2-1-3-6-11/h1-8,15H,10,14H2. The molecule has 1 radical (unpaired) electrons. The van der Waals surface area contributed by atoms with Gasteiger partial charge in [-0.05, 0) is 17.7 Å². The summed E-state index contributed by atoms with van der Waals surface area (Å²) in [6, 6.07) is 19.0. The van der Waals surface area contributed by atoms with E-state index in [0.29, 0.717) is 5.69 Å². The van der Waals surface area contributed by atoms with E-state index in [1.165, 1.54) is 5.56 Å². The van der Waals surface area contributed by atoms with Crippen molar-refractivity contribution in [3.8, 4) is 0 Å².